The first-order valence-electron chi connectivity index (χ1n) is 11.4. The highest BCUT2D eigenvalue weighted by molar-refractivity contribution is 7.99. The van der Waals surface area contributed by atoms with E-state index in [0.717, 1.165) is 41.6 Å². The lowest BCUT2D eigenvalue weighted by atomic mass is 10.2. The Bertz CT molecular complexity index is 1300. The molecule has 3 aromatic heterocycles. The van der Waals surface area contributed by atoms with Crippen molar-refractivity contribution in [3.63, 3.8) is 0 Å². The van der Waals surface area contributed by atoms with E-state index in [1.165, 1.54) is 17.4 Å². The van der Waals surface area contributed by atoms with Gasteiger partial charge in [0, 0.05) is 54.4 Å². The van der Waals surface area contributed by atoms with Crippen LogP contribution < -0.4 is 4.90 Å². The summed E-state index contributed by atoms with van der Waals surface area (Å²) in [5.41, 5.74) is 4.65. The molecule has 0 atom stereocenters. The maximum atomic E-state index is 13.0. The molecule has 0 radical (unpaired) electrons. The Morgan fingerprint density at radius 1 is 1.06 bits per heavy atom. The van der Waals surface area contributed by atoms with Crippen molar-refractivity contribution in [3.05, 3.63) is 59.1 Å². The van der Waals surface area contributed by atoms with Gasteiger partial charge in [0.2, 0.25) is 0 Å². The number of thioether (sulfide) groups is 1. The number of nitrogens with zero attached hydrogens (tertiary/aromatic N) is 6. The zero-order valence-electron chi connectivity index (χ0n) is 20.5. The van der Waals surface area contributed by atoms with Crippen molar-refractivity contribution in [1.82, 2.24) is 24.5 Å². The molecule has 0 bridgehead atoms. The Labute approximate surface area is 204 Å². The van der Waals surface area contributed by atoms with Crippen molar-refractivity contribution >= 4 is 23.2 Å². The van der Waals surface area contributed by atoms with Crippen LogP contribution in [-0.2, 0) is 7.05 Å². The molecule has 9 heteroatoms. The van der Waals surface area contributed by atoms with Crippen LogP contribution in [0.15, 0.2) is 46.1 Å². The third-order valence-electron chi connectivity index (χ3n) is 6.00. The smallest absolute Gasteiger partial charge is 0.191 e. The summed E-state index contributed by atoms with van der Waals surface area (Å²) in [5, 5.41) is 13.5. The first kappa shape index (κ1) is 23.8. The quantitative estimate of drug-likeness (QED) is 0.247. The van der Waals surface area contributed by atoms with Gasteiger partial charge < -0.3 is 14.0 Å². The number of anilines is 1. The monoisotopic (exact) mass is 478 g/mol. The van der Waals surface area contributed by atoms with Crippen LogP contribution in [0, 0.1) is 20.8 Å². The Balaban J connectivity index is 1.48. The van der Waals surface area contributed by atoms with E-state index in [9.17, 15) is 4.79 Å². The molecule has 4 rings (SSSR count). The zero-order chi connectivity index (χ0) is 24.4. The number of ketones is 1. The zero-order valence-corrected chi connectivity index (χ0v) is 21.3. The molecule has 0 spiro atoms. The minimum Gasteiger partial charge on any atom is -0.372 e. The lowest BCUT2D eigenvalue weighted by molar-refractivity contribution is 0.102. The van der Waals surface area contributed by atoms with E-state index in [2.05, 4.69) is 58.4 Å². The molecular weight excluding hydrogens is 448 g/mol. The summed E-state index contributed by atoms with van der Waals surface area (Å²) < 4.78 is 9.08. The topological polar surface area (TPSA) is 82.0 Å². The van der Waals surface area contributed by atoms with Crippen molar-refractivity contribution in [2.75, 3.05) is 23.7 Å². The average molecular weight is 479 g/mol. The second-order valence-electron chi connectivity index (χ2n) is 8.21. The third kappa shape index (κ3) is 4.52. The van der Waals surface area contributed by atoms with E-state index >= 15 is 0 Å². The van der Waals surface area contributed by atoms with Gasteiger partial charge in [-0.25, -0.2) is 0 Å². The van der Waals surface area contributed by atoms with E-state index in [0.29, 0.717) is 16.5 Å². The molecule has 0 saturated heterocycles. The van der Waals surface area contributed by atoms with Gasteiger partial charge in [-0.2, -0.15) is 0 Å². The third-order valence-corrected chi connectivity index (χ3v) is 7.02. The molecule has 0 amide bonds. The van der Waals surface area contributed by atoms with Gasteiger partial charge in [0.1, 0.15) is 5.76 Å². The molecule has 0 N–H and O–H groups in total. The van der Waals surface area contributed by atoms with E-state index in [1.54, 1.807) is 0 Å². The summed E-state index contributed by atoms with van der Waals surface area (Å²) in [7, 11) is 1.93. The van der Waals surface area contributed by atoms with E-state index < -0.39 is 0 Å². The minimum absolute atomic E-state index is 0.0395. The molecule has 0 aliphatic heterocycles. The minimum atomic E-state index is 0.0395. The summed E-state index contributed by atoms with van der Waals surface area (Å²) in [6.45, 7) is 12.0. The van der Waals surface area contributed by atoms with Crippen LogP contribution in [-0.4, -0.2) is 49.1 Å². The highest BCUT2D eigenvalue weighted by Crippen LogP contribution is 2.27. The normalized spacial score (nSPS) is 11.2. The number of aromatic nitrogens is 5. The number of hydrogen-bond donors (Lipinski definition) is 0. The second-order valence-corrected chi connectivity index (χ2v) is 9.15. The second kappa shape index (κ2) is 9.89. The van der Waals surface area contributed by atoms with Crippen molar-refractivity contribution in [2.45, 2.75) is 39.8 Å². The van der Waals surface area contributed by atoms with Crippen molar-refractivity contribution in [1.29, 1.82) is 0 Å². The standard InChI is InChI=1S/C25H30N6O2S/c1-7-30(8-2)20-11-9-19(10-12-20)24-26-27-25(29(24)6)34-15-22(32)21-13-16(3)31(18(21)5)23-14-17(4)33-28-23/h9-14H,7-8,15H2,1-6H3. The van der Waals surface area contributed by atoms with Crippen LogP contribution in [0.5, 0.6) is 0 Å². The van der Waals surface area contributed by atoms with Gasteiger partial charge in [-0.15, -0.1) is 10.2 Å². The summed E-state index contributed by atoms with van der Waals surface area (Å²) in [4.78, 5) is 15.3. The van der Waals surface area contributed by atoms with E-state index in [4.69, 9.17) is 4.52 Å². The molecule has 0 saturated carbocycles. The molecule has 3 heterocycles. The first-order valence-corrected chi connectivity index (χ1v) is 12.4. The Morgan fingerprint density at radius 3 is 2.38 bits per heavy atom. The Morgan fingerprint density at radius 2 is 1.76 bits per heavy atom. The summed E-state index contributed by atoms with van der Waals surface area (Å²) in [5.74, 6) is 2.50. The highest BCUT2D eigenvalue weighted by Gasteiger charge is 2.20. The predicted octanol–water partition coefficient (Wildman–Crippen LogP) is 5.01. The van der Waals surface area contributed by atoms with Crippen LogP contribution in [0.25, 0.3) is 17.2 Å². The predicted molar refractivity (Wildman–Crippen MR) is 135 cm³/mol. The number of Topliss-reactive ketones (excluding diaryl/α,β-unsaturated/α-hetero) is 1. The molecule has 0 fully saturated rings. The average Bonchev–Trinajstić information content (AvgIpc) is 3.50. The van der Waals surface area contributed by atoms with Crippen LogP contribution in [0.4, 0.5) is 5.69 Å². The number of rotatable bonds is 9. The van der Waals surface area contributed by atoms with Gasteiger partial charge in [-0.1, -0.05) is 16.9 Å². The van der Waals surface area contributed by atoms with Crippen molar-refractivity contribution < 1.29 is 9.32 Å². The van der Waals surface area contributed by atoms with Gasteiger partial charge in [-0.05, 0) is 65.0 Å². The van der Waals surface area contributed by atoms with Crippen LogP contribution >= 0.6 is 11.8 Å². The lowest BCUT2D eigenvalue weighted by Gasteiger charge is -2.21. The Hall–Kier alpha value is -3.33. The molecule has 0 unspecified atom stereocenters. The van der Waals surface area contributed by atoms with Gasteiger partial charge in [0.25, 0.3) is 0 Å². The first-order chi connectivity index (χ1) is 16.3. The molecule has 8 nitrogen and oxygen atoms in total. The lowest BCUT2D eigenvalue weighted by Crippen LogP contribution is -2.21. The molecule has 0 aliphatic rings. The fourth-order valence-electron chi connectivity index (χ4n) is 4.17. The van der Waals surface area contributed by atoms with Crippen molar-refractivity contribution in [3.8, 4) is 17.2 Å². The van der Waals surface area contributed by atoms with Gasteiger partial charge >= 0.3 is 0 Å². The summed E-state index contributed by atoms with van der Waals surface area (Å²) in [6.07, 6.45) is 0. The molecular formula is C25H30N6O2S. The van der Waals surface area contributed by atoms with Crippen molar-refractivity contribution in [2.24, 2.45) is 7.05 Å². The number of hydrogen-bond acceptors (Lipinski definition) is 7. The fraction of sp³-hybridized carbons (Fsp3) is 0.360. The summed E-state index contributed by atoms with van der Waals surface area (Å²) >= 11 is 1.39. The largest absolute Gasteiger partial charge is 0.372 e. The maximum absolute atomic E-state index is 13.0. The number of benzene rings is 1. The van der Waals surface area contributed by atoms with Gasteiger partial charge in [-0.3, -0.25) is 9.36 Å². The summed E-state index contributed by atoms with van der Waals surface area (Å²) in [6, 6.07) is 12.1. The van der Waals surface area contributed by atoms with Gasteiger partial charge in [0.15, 0.2) is 22.6 Å². The SMILES string of the molecule is CCN(CC)c1ccc(-c2nnc(SCC(=O)c3cc(C)n(-c4cc(C)on4)c3C)n2C)cc1. The number of carbonyl (C=O) groups is 1. The number of aryl methyl sites for hydroxylation is 2. The van der Waals surface area contributed by atoms with Crippen LogP contribution in [0.2, 0.25) is 0 Å². The van der Waals surface area contributed by atoms with Crippen LogP contribution in [0.3, 0.4) is 0 Å². The molecule has 4 aromatic rings. The maximum Gasteiger partial charge on any atom is 0.191 e. The number of carbonyl (C=O) groups excluding carboxylic acids is 1. The molecule has 1 aromatic carbocycles. The highest BCUT2D eigenvalue weighted by atomic mass is 32.2. The van der Waals surface area contributed by atoms with Crippen LogP contribution in [0.1, 0.15) is 41.4 Å². The fourth-order valence-corrected chi connectivity index (χ4v) is 4.96. The van der Waals surface area contributed by atoms with E-state index in [1.807, 2.05) is 49.1 Å². The van der Waals surface area contributed by atoms with Gasteiger partial charge in [0.05, 0.1) is 5.75 Å². The molecule has 0 aliphatic carbocycles. The van der Waals surface area contributed by atoms with E-state index in [-0.39, 0.29) is 11.5 Å². The Kier molecular flexibility index (Phi) is 6.92. The molecule has 178 valence electrons. The molecule has 34 heavy (non-hydrogen) atoms.